The van der Waals surface area contributed by atoms with Crippen LogP contribution in [0.1, 0.15) is 11.6 Å². The van der Waals surface area contributed by atoms with Crippen molar-refractivity contribution in [2.75, 3.05) is 18.5 Å². The summed E-state index contributed by atoms with van der Waals surface area (Å²) in [5.41, 5.74) is 1.21. The molecular weight excluding hydrogens is 226 g/mol. The predicted octanol–water partition coefficient (Wildman–Crippen LogP) is 2.46. The molecule has 0 bridgehead atoms. The molecule has 1 aliphatic heterocycles. The van der Waals surface area contributed by atoms with Crippen LogP contribution in [0.4, 0.5) is 5.95 Å². The van der Waals surface area contributed by atoms with Crippen LogP contribution in [0.3, 0.4) is 0 Å². The van der Waals surface area contributed by atoms with Gasteiger partial charge in [0.15, 0.2) is 0 Å². The van der Waals surface area contributed by atoms with Crippen LogP contribution in [-0.2, 0) is 0 Å². The second-order valence-corrected chi connectivity index (χ2v) is 4.19. The van der Waals surface area contributed by atoms with E-state index in [1.807, 2.05) is 30.5 Å². The van der Waals surface area contributed by atoms with Gasteiger partial charge in [0.25, 0.3) is 0 Å². The molecule has 4 heteroatoms. The van der Waals surface area contributed by atoms with Gasteiger partial charge < -0.3 is 14.6 Å². The molecule has 18 heavy (non-hydrogen) atoms. The first-order valence-electron chi connectivity index (χ1n) is 5.99. The summed E-state index contributed by atoms with van der Waals surface area (Å²) in [4.78, 5) is 4.32. The molecular formula is C14H15N3O. The van der Waals surface area contributed by atoms with E-state index in [9.17, 15) is 0 Å². The molecule has 4 nitrogen and oxygen atoms in total. The Morgan fingerprint density at radius 1 is 1.50 bits per heavy atom. The first kappa shape index (κ1) is 10.9. The van der Waals surface area contributed by atoms with E-state index in [4.69, 9.17) is 4.74 Å². The lowest BCUT2D eigenvalue weighted by atomic mass is 10.1. The molecule has 0 aliphatic carbocycles. The molecule has 1 aromatic carbocycles. The Labute approximate surface area is 106 Å². The maximum Gasteiger partial charge on any atom is 0.203 e. The van der Waals surface area contributed by atoms with Gasteiger partial charge in [-0.25, -0.2) is 4.98 Å². The molecule has 1 unspecified atom stereocenters. The van der Waals surface area contributed by atoms with E-state index in [1.165, 1.54) is 5.56 Å². The second-order valence-electron chi connectivity index (χ2n) is 4.19. The van der Waals surface area contributed by atoms with Crippen molar-refractivity contribution in [3.63, 3.8) is 0 Å². The lowest BCUT2D eigenvalue weighted by Crippen LogP contribution is -2.15. The van der Waals surface area contributed by atoms with Crippen LogP contribution in [0, 0.1) is 0 Å². The first-order chi connectivity index (χ1) is 8.90. The van der Waals surface area contributed by atoms with Gasteiger partial charge in [-0.3, -0.25) is 0 Å². The normalized spacial score (nSPS) is 17.0. The van der Waals surface area contributed by atoms with Crippen molar-refractivity contribution in [1.82, 2.24) is 9.55 Å². The van der Waals surface area contributed by atoms with Gasteiger partial charge in [0.1, 0.15) is 12.4 Å². The Kier molecular flexibility index (Phi) is 2.76. The molecule has 2 aromatic rings. The van der Waals surface area contributed by atoms with Crippen molar-refractivity contribution in [3.8, 4) is 5.75 Å². The zero-order valence-corrected chi connectivity index (χ0v) is 10.0. The summed E-state index contributed by atoms with van der Waals surface area (Å²) in [5, 5.41) is 3.23. The number of ether oxygens (including phenoxy) is 1. The van der Waals surface area contributed by atoms with E-state index >= 15 is 0 Å². The molecule has 1 aromatic heterocycles. The lowest BCUT2D eigenvalue weighted by Gasteiger charge is -2.14. The third kappa shape index (κ3) is 1.76. The summed E-state index contributed by atoms with van der Waals surface area (Å²) in [6.45, 7) is 5.05. The summed E-state index contributed by atoms with van der Waals surface area (Å²) >= 11 is 0. The Morgan fingerprint density at radius 3 is 3.28 bits per heavy atom. The summed E-state index contributed by atoms with van der Waals surface area (Å²) in [6.07, 6.45) is 5.59. The Hall–Kier alpha value is -2.23. The third-order valence-corrected chi connectivity index (χ3v) is 3.08. The molecule has 0 amide bonds. The number of imidazole rings is 1. The first-order valence-corrected chi connectivity index (χ1v) is 5.99. The number of rotatable bonds is 4. The molecule has 1 aliphatic rings. The second kappa shape index (κ2) is 4.56. The topological polar surface area (TPSA) is 39.1 Å². The van der Waals surface area contributed by atoms with Crippen molar-refractivity contribution in [2.24, 2.45) is 0 Å². The lowest BCUT2D eigenvalue weighted by molar-refractivity contribution is 0.317. The zero-order chi connectivity index (χ0) is 12.4. The highest BCUT2D eigenvalue weighted by atomic mass is 16.5. The van der Waals surface area contributed by atoms with Gasteiger partial charge in [-0.05, 0) is 6.07 Å². The van der Waals surface area contributed by atoms with Crippen LogP contribution in [-0.4, -0.2) is 22.7 Å². The SMILES string of the molecule is C=CCNc1nccn1C1COc2ccccc21. The highest BCUT2D eigenvalue weighted by Gasteiger charge is 2.26. The number of para-hydroxylation sites is 1. The van der Waals surface area contributed by atoms with Crippen LogP contribution in [0.25, 0.3) is 0 Å². The zero-order valence-electron chi connectivity index (χ0n) is 10.0. The Bertz CT molecular complexity index is 562. The van der Waals surface area contributed by atoms with E-state index in [0.717, 1.165) is 11.7 Å². The maximum absolute atomic E-state index is 5.70. The third-order valence-electron chi connectivity index (χ3n) is 3.08. The Morgan fingerprint density at radius 2 is 2.39 bits per heavy atom. The number of nitrogens with zero attached hydrogens (tertiary/aromatic N) is 2. The molecule has 0 saturated carbocycles. The van der Waals surface area contributed by atoms with E-state index < -0.39 is 0 Å². The Balaban J connectivity index is 1.92. The molecule has 0 saturated heterocycles. The predicted molar refractivity (Wildman–Crippen MR) is 71.0 cm³/mol. The smallest absolute Gasteiger partial charge is 0.203 e. The minimum Gasteiger partial charge on any atom is -0.491 e. The van der Waals surface area contributed by atoms with Gasteiger partial charge in [-0.1, -0.05) is 24.3 Å². The molecule has 1 N–H and O–H groups in total. The molecule has 0 fully saturated rings. The van der Waals surface area contributed by atoms with Gasteiger partial charge in [0, 0.05) is 24.5 Å². The fraction of sp³-hybridized carbons (Fsp3) is 0.214. The van der Waals surface area contributed by atoms with Gasteiger partial charge >= 0.3 is 0 Å². The quantitative estimate of drug-likeness (QED) is 0.836. The van der Waals surface area contributed by atoms with Crippen molar-refractivity contribution in [1.29, 1.82) is 0 Å². The maximum atomic E-state index is 5.70. The molecule has 1 atom stereocenters. The van der Waals surface area contributed by atoms with E-state index in [0.29, 0.717) is 13.2 Å². The molecule has 2 heterocycles. The summed E-state index contributed by atoms with van der Waals surface area (Å²) < 4.78 is 7.80. The van der Waals surface area contributed by atoms with Gasteiger partial charge in [-0.15, -0.1) is 6.58 Å². The standard InChI is InChI=1S/C14H15N3O/c1-2-7-15-14-16-8-9-17(14)12-10-18-13-6-4-3-5-11(12)13/h2-6,8-9,12H,1,7,10H2,(H,15,16). The highest BCUT2D eigenvalue weighted by molar-refractivity contribution is 5.42. The van der Waals surface area contributed by atoms with Gasteiger partial charge in [0.2, 0.25) is 5.95 Å². The number of anilines is 1. The van der Waals surface area contributed by atoms with Crippen LogP contribution >= 0.6 is 0 Å². The average molecular weight is 241 g/mol. The van der Waals surface area contributed by atoms with E-state index in [-0.39, 0.29) is 6.04 Å². The number of fused-ring (bicyclic) bond motifs is 1. The fourth-order valence-electron chi connectivity index (χ4n) is 2.24. The molecule has 0 radical (unpaired) electrons. The largest absolute Gasteiger partial charge is 0.491 e. The summed E-state index contributed by atoms with van der Waals surface area (Å²) in [5.74, 6) is 1.81. The number of aromatic nitrogens is 2. The van der Waals surface area contributed by atoms with E-state index in [1.54, 1.807) is 6.20 Å². The van der Waals surface area contributed by atoms with Crippen molar-refractivity contribution in [2.45, 2.75) is 6.04 Å². The van der Waals surface area contributed by atoms with Gasteiger partial charge in [0.05, 0.1) is 6.04 Å². The minimum atomic E-state index is 0.191. The van der Waals surface area contributed by atoms with E-state index in [2.05, 4.69) is 27.5 Å². The fourth-order valence-corrected chi connectivity index (χ4v) is 2.24. The number of benzene rings is 1. The molecule has 92 valence electrons. The van der Waals surface area contributed by atoms with Crippen LogP contribution < -0.4 is 10.1 Å². The summed E-state index contributed by atoms with van der Waals surface area (Å²) in [7, 11) is 0. The molecule has 3 rings (SSSR count). The molecule has 0 spiro atoms. The number of nitrogens with one attached hydrogen (secondary N) is 1. The average Bonchev–Trinajstić information content (AvgIpc) is 3.02. The van der Waals surface area contributed by atoms with Crippen LogP contribution in [0.2, 0.25) is 0 Å². The highest BCUT2D eigenvalue weighted by Crippen LogP contribution is 2.35. The number of hydrogen-bond acceptors (Lipinski definition) is 3. The minimum absolute atomic E-state index is 0.191. The van der Waals surface area contributed by atoms with Crippen LogP contribution in [0.15, 0.2) is 49.3 Å². The summed E-state index contributed by atoms with van der Waals surface area (Å²) in [6, 6.07) is 8.32. The van der Waals surface area contributed by atoms with Crippen molar-refractivity contribution < 1.29 is 4.74 Å². The van der Waals surface area contributed by atoms with Crippen molar-refractivity contribution in [3.05, 3.63) is 54.9 Å². The van der Waals surface area contributed by atoms with Crippen LogP contribution in [0.5, 0.6) is 5.75 Å². The van der Waals surface area contributed by atoms with Gasteiger partial charge in [-0.2, -0.15) is 0 Å². The number of hydrogen-bond donors (Lipinski definition) is 1. The van der Waals surface area contributed by atoms with Crippen molar-refractivity contribution >= 4 is 5.95 Å². The monoisotopic (exact) mass is 241 g/mol.